The van der Waals surface area contributed by atoms with Crippen LogP contribution in [-0.4, -0.2) is 29.8 Å². The molecule has 14 heavy (non-hydrogen) atoms. The first-order valence-corrected chi connectivity index (χ1v) is 4.26. The Balaban J connectivity index is 2.10. The third-order valence-electron chi connectivity index (χ3n) is 1.97. The lowest BCUT2D eigenvalue weighted by Gasteiger charge is -2.11. The van der Waals surface area contributed by atoms with Crippen molar-refractivity contribution >= 4 is 5.95 Å². The Kier molecular flexibility index (Phi) is 2.13. The van der Waals surface area contributed by atoms with Crippen molar-refractivity contribution in [1.82, 2.24) is 29.8 Å². The predicted molar refractivity (Wildman–Crippen MR) is 49.2 cm³/mol. The lowest BCUT2D eigenvalue weighted by Crippen LogP contribution is -2.15. The molecular formula is C7H11N7. The Morgan fingerprint density at radius 2 is 2.43 bits per heavy atom. The van der Waals surface area contributed by atoms with E-state index in [4.69, 9.17) is 5.73 Å². The molecule has 74 valence electrons. The maximum absolute atomic E-state index is 5.57. The molecule has 2 aromatic rings. The first-order chi connectivity index (χ1) is 6.77. The molecule has 7 nitrogen and oxygen atoms in total. The quantitative estimate of drug-likeness (QED) is 0.723. The largest absolute Gasteiger partial charge is 0.367 e. The van der Waals surface area contributed by atoms with Crippen molar-refractivity contribution in [3.05, 3.63) is 18.7 Å². The molecule has 0 aliphatic heterocycles. The standard InChI is InChI=1S/C7H11N7/c1-6(4-13-3-2-9-5-13)14-7(8)10-11-12-14/h2-3,5-6H,4H2,1H3,(H2,8,10,12). The number of anilines is 1. The van der Waals surface area contributed by atoms with Gasteiger partial charge in [-0.05, 0) is 17.4 Å². The van der Waals surface area contributed by atoms with Crippen molar-refractivity contribution in [1.29, 1.82) is 0 Å². The molecule has 0 fully saturated rings. The first kappa shape index (κ1) is 8.67. The van der Waals surface area contributed by atoms with Crippen LogP contribution in [0.25, 0.3) is 0 Å². The molecule has 2 aromatic heterocycles. The lowest BCUT2D eigenvalue weighted by atomic mass is 10.3. The number of imidazole rings is 1. The molecule has 0 aromatic carbocycles. The fourth-order valence-corrected chi connectivity index (χ4v) is 1.29. The van der Waals surface area contributed by atoms with Gasteiger partial charge in [0, 0.05) is 18.9 Å². The van der Waals surface area contributed by atoms with Gasteiger partial charge in [0.25, 0.3) is 0 Å². The first-order valence-electron chi connectivity index (χ1n) is 4.26. The molecule has 2 N–H and O–H groups in total. The van der Waals surface area contributed by atoms with Crippen molar-refractivity contribution in [3.63, 3.8) is 0 Å². The molecule has 0 saturated carbocycles. The highest BCUT2D eigenvalue weighted by atomic mass is 15.6. The summed E-state index contributed by atoms with van der Waals surface area (Å²) in [6.45, 7) is 2.74. The van der Waals surface area contributed by atoms with Crippen LogP contribution in [0.1, 0.15) is 13.0 Å². The van der Waals surface area contributed by atoms with Crippen molar-refractivity contribution < 1.29 is 0 Å². The number of nitrogen functional groups attached to an aromatic ring is 1. The van der Waals surface area contributed by atoms with E-state index in [1.807, 2.05) is 17.7 Å². The summed E-state index contributed by atoms with van der Waals surface area (Å²) in [5.41, 5.74) is 5.57. The summed E-state index contributed by atoms with van der Waals surface area (Å²) in [7, 11) is 0. The number of aromatic nitrogens is 6. The Bertz CT molecular complexity index is 390. The van der Waals surface area contributed by atoms with Crippen LogP contribution >= 0.6 is 0 Å². The van der Waals surface area contributed by atoms with Crippen molar-refractivity contribution in [2.24, 2.45) is 0 Å². The van der Waals surface area contributed by atoms with Gasteiger partial charge in [-0.15, -0.1) is 0 Å². The van der Waals surface area contributed by atoms with Crippen molar-refractivity contribution in [2.45, 2.75) is 19.5 Å². The number of rotatable bonds is 3. The Morgan fingerprint density at radius 3 is 3.00 bits per heavy atom. The molecule has 0 radical (unpaired) electrons. The number of tetrazole rings is 1. The molecule has 1 unspecified atom stereocenters. The second kappa shape index (κ2) is 3.44. The van der Waals surface area contributed by atoms with Gasteiger partial charge in [-0.3, -0.25) is 0 Å². The number of nitrogens with zero attached hydrogens (tertiary/aromatic N) is 6. The maximum Gasteiger partial charge on any atom is 0.240 e. The summed E-state index contributed by atoms with van der Waals surface area (Å²) in [6, 6.07) is 0.110. The second-order valence-corrected chi connectivity index (χ2v) is 3.09. The zero-order valence-corrected chi connectivity index (χ0v) is 7.78. The average Bonchev–Trinajstić information content (AvgIpc) is 2.75. The normalized spacial score (nSPS) is 12.9. The number of hydrogen-bond donors (Lipinski definition) is 1. The third kappa shape index (κ3) is 1.56. The fraction of sp³-hybridized carbons (Fsp3) is 0.429. The minimum Gasteiger partial charge on any atom is -0.367 e. The average molecular weight is 193 g/mol. The predicted octanol–water partition coefficient (Wildman–Crippen LogP) is -0.287. The van der Waals surface area contributed by atoms with E-state index >= 15 is 0 Å². The Hall–Kier alpha value is -1.92. The van der Waals surface area contributed by atoms with Gasteiger partial charge in [-0.2, -0.15) is 0 Å². The molecule has 0 amide bonds. The summed E-state index contributed by atoms with van der Waals surface area (Å²) in [4.78, 5) is 3.95. The van der Waals surface area contributed by atoms with Gasteiger partial charge in [0.2, 0.25) is 5.95 Å². The Labute approximate surface area is 80.5 Å². The minimum atomic E-state index is 0.110. The highest BCUT2D eigenvalue weighted by Crippen LogP contribution is 2.09. The van der Waals surface area contributed by atoms with Gasteiger partial charge in [0.05, 0.1) is 12.4 Å². The summed E-state index contributed by atoms with van der Waals surface area (Å²) in [6.07, 6.45) is 5.36. The van der Waals surface area contributed by atoms with Gasteiger partial charge in [-0.1, -0.05) is 5.10 Å². The van der Waals surface area contributed by atoms with Crippen molar-refractivity contribution in [3.8, 4) is 0 Å². The summed E-state index contributed by atoms with van der Waals surface area (Å²) < 4.78 is 3.53. The van der Waals surface area contributed by atoms with Crippen LogP contribution in [0.15, 0.2) is 18.7 Å². The highest BCUT2D eigenvalue weighted by molar-refractivity contribution is 5.11. The topological polar surface area (TPSA) is 87.4 Å². The summed E-state index contributed by atoms with van der Waals surface area (Å²) in [5.74, 6) is 0.331. The molecule has 0 saturated heterocycles. The van der Waals surface area contributed by atoms with Crippen LogP contribution in [0.3, 0.4) is 0 Å². The van der Waals surface area contributed by atoms with Gasteiger partial charge in [-0.25, -0.2) is 9.67 Å². The van der Waals surface area contributed by atoms with Crippen LogP contribution in [-0.2, 0) is 6.54 Å². The smallest absolute Gasteiger partial charge is 0.240 e. The van der Waals surface area contributed by atoms with Crippen LogP contribution < -0.4 is 5.73 Å². The van der Waals surface area contributed by atoms with E-state index in [1.165, 1.54) is 0 Å². The lowest BCUT2D eigenvalue weighted by molar-refractivity contribution is 0.421. The molecule has 7 heteroatoms. The zero-order valence-electron chi connectivity index (χ0n) is 7.78. The Morgan fingerprint density at radius 1 is 1.57 bits per heavy atom. The van der Waals surface area contributed by atoms with Crippen LogP contribution in [0.4, 0.5) is 5.95 Å². The van der Waals surface area contributed by atoms with Gasteiger partial charge in [0.15, 0.2) is 0 Å². The molecular weight excluding hydrogens is 182 g/mol. The van der Waals surface area contributed by atoms with E-state index in [-0.39, 0.29) is 6.04 Å². The van der Waals surface area contributed by atoms with Gasteiger partial charge in [0.1, 0.15) is 0 Å². The van der Waals surface area contributed by atoms with E-state index in [9.17, 15) is 0 Å². The fourth-order valence-electron chi connectivity index (χ4n) is 1.29. The molecule has 0 aliphatic rings. The molecule has 0 aliphatic carbocycles. The van der Waals surface area contributed by atoms with Crippen LogP contribution in [0, 0.1) is 0 Å². The summed E-state index contributed by atoms with van der Waals surface area (Å²) >= 11 is 0. The van der Waals surface area contributed by atoms with Crippen molar-refractivity contribution in [2.75, 3.05) is 5.73 Å². The third-order valence-corrected chi connectivity index (χ3v) is 1.97. The molecule has 1 atom stereocenters. The second-order valence-electron chi connectivity index (χ2n) is 3.09. The molecule has 0 bridgehead atoms. The highest BCUT2D eigenvalue weighted by Gasteiger charge is 2.10. The van der Waals surface area contributed by atoms with E-state index in [0.717, 1.165) is 6.54 Å². The van der Waals surface area contributed by atoms with E-state index in [2.05, 4.69) is 20.5 Å². The van der Waals surface area contributed by atoms with Gasteiger partial charge >= 0.3 is 0 Å². The van der Waals surface area contributed by atoms with Crippen LogP contribution in [0.5, 0.6) is 0 Å². The SMILES string of the molecule is CC(Cn1ccnc1)n1nnnc1N. The molecule has 2 heterocycles. The van der Waals surface area contributed by atoms with Crippen LogP contribution in [0.2, 0.25) is 0 Å². The summed E-state index contributed by atoms with van der Waals surface area (Å²) in [5, 5.41) is 10.9. The van der Waals surface area contributed by atoms with E-state index < -0.39 is 0 Å². The number of hydrogen-bond acceptors (Lipinski definition) is 5. The monoisotopic (exact) mass is 193 g/mol. The molecule has 2 rings (SSSR count). The zero-order chi connectivity index (χ0) is 9.97. The minimum absolute atomic E-state index is 0.110. The van der Waals surface area contributed by atoms with Gasteiger partial charge < -0.3 is 10.3 Å². The number of nitrogens with two attached hydrogens (primary N) is 1. The molecule has 0 spiro atoms. The van der Waals surface area contributed by atoms with E-state index in [1.54, 1.807) is 17.2 Å². The maximum atomic E-state index is 5.57. The van der Waals surface area contributed by atoms with E-state index in [0.29, 0.717) is 5.95 Å².